The Balaban J connectivity index is 3.24. The summed E-state index contributed by atoms with van der Waals surface area (Å²) in [6.07, 6.45) is 1.48. The molecule has 23 heavy (non-hydrogen) atoms. The molecule has 1 aromatic rings. The molecule has 0 unspecified atom stereocenters. The number of allylic oxidation sites excluding steroid dienone is 1. The van der Waals surface area contributed by atoms with Crippen molar-refractivity contribution in [1.82, 2.24) is 0 Å². The van der Waals surface area contributed by atoms with Crippen molar-refractivity contribution in [3.63, 3.8) is 0 Å². The summed E-state index contributed by atoms with van der Waals surface area (Å²) in [5, 5.41) is 20.3. The molecule has 0 aliphatic rings. The third-order valence-electron chi connectivity index (χ3n) is 3.38. The first kappa shape index (κ1) is 18.4. The Morgan fingerprint density at radius 1 is 1.35 bits per heavy atom. The van der Waals surface area contributed by atoms with E-state index < -0.39 is 27.8 Å². The lowest BCUT2D eigenvalue weighted by atomic mass is 9.74. The van der Waals surface area contributed by atoms with Crippen LogP contribution in [0.4, 0.5) is 5.69 Å². The van der Waals surface area contributed by atoms with Gasteiger partial charge in [-0.1, -0.05) is 18.2 Å². The maximum atomic E-state index is 12.5. The summed E-state index contributed by atoms with van der Waals surface area (Å²) in [7, 11) is 0. The Kier molecular flexibility index (Phi) is 5.28. The van der Waals surface area contributed by atoms with Crippen molar-refractivity contribution in [2.75, 3.05) is 0 Å². The van der Waals surface area contributed by atoms with Crippen LogP contribution < -0.4 is 0 Å². The van der Waals surface area contributed by atoms with Crippen LogP contribution in [0.2, 0.25) is 0 Å². The van der Waals surface area contributed by atoms with Crippen LogP contribution in [0.15, 0.2) is 36.9 Å². The monoisotopic (exact) mass is 316 g/mol. The van der Waals surface area contributed by atoms with E-state index >= 15 is 0 Å². The molecule has 6 heteroatoms. The number of hydrogen-bond donors (Lipinski definition) is 0. The molecule has 0 heterocycles. The fourth-order valence-corrected chi connectivity index (χ4v) is 2.13. The number of carbonyl (C=O) groups is 1. The molecule has 0 N–H and O–H groups in total. The van der Waals surface area contributed by atoms with Gasteiger partial charge in [0.1, 0.15) is 5.60 Å². The fourth-order valence-electron chi connectivity index (χ4n) is 2.13. The highest BCUT2D eigenvalue weighted by atomic mass is 16.6. The summed E-state index contributed by atoms with van der Waals surface area (Å²) in [5.74, 6) is -1.31. The normalized spacial score (nSPS) is 14.9. The van der Waals surface area contributed by atoms with Crippen LogP contribution in [-0.4, -0.2) is 16.5 Å². The lowest BCUT2D eigenvalue weighted by Gasteiger charge is -2.31. The van der Waals surface area contributed by atoms with E-state index in [1.54, 1.807) is 20.8 Å². The minimum Gasteiger partial charge on any atom is -0.459 e. The summed E-state index contributed by atoms with van der Waals surface area (Å²) in [5.41, 5.74) is -1.69. The Labute approximate surface area is 135 Å². The van der Waals surface area contributed by atoms with Crippen LogP contribution >= 0.6 is 0 Å². The van der Waals surface area contributed by atoms with Crippen molar-refractivity contribution in [2.45, 2.75) is 39.2 Å². The molecule has 0 saturated carbocycles. The van der Waals surface area contributed by atoms with E-state index in [2.05, 4.69) is 6.58 Å². The molecule has 2 atom stereocenters. The second-order valence-corrected chi connectivity index (χ2v) is 6.38. The van der Waals surface area contributed by atoms with Crippen LogP contribution in [-0.2, 0) is 9.53 Å². The van der Waals surface area contributed by atoms with Crippen molar-refractivity contribution in [2.24, 2.45) is 5.41 Å². The van der Waals surface area contributed by atoms with E-state index in [1.807, 2.05) is 6.07 Å². The van der Waals surface area contributed by atoms with Crippen LogP contribution in [0.25, 0.3) is 0 Å². The molecular weight excluding hydrogens is 296 g/mol. The van der Waals surface area contributed by atoms with Gasteiger partial charge < -0.3 is 4.74 Å². The van der Waals surface area contributed by atoms with Crippen molar-refractivity contribution >= 4 is 11.7 Å². The molecule has 0 aromatic heterocycles. The molecule has 0 spiro atoms. The summed E-state index contributed by atoms with van der Waals surface area (Å²) < 4.78 is 5.34. The van der Waals surface area contributed by atoms with Gasteiger partial charge in [-0.2, -0.15) is 5.26 Å². The zero-order chi connectivity index (χ0) is 17.8. The smallest absolute Gasteiger partial charge is 0.327 e. The van der Waals surface area contributed by atoms with Gasteiger partial charge in [0.2, 0.25) is 0 Å². The van der Waals surface area contributed by atoms with Gasteiger partial charge in [0.15, 0.2) is 5.41 Å². The zero-order valence-corrected chi connectivity index (χ0v) is 13.7. The van der Waals surface area contributed by atoms with E-state index in [1.165, 1.54) is 37.3 Å². The molecule has 1 rings (SSSR count). The van der Waals surface area contributed by atoms with E-state index in [0.717, 1.165) is 0 Å². The Morgan fingerprint density at radius 3 is 2.22 bits per heavy atom. The summed E-state index contributed by atoms with van der Waals surface area (Å²) in [6, 6.07) is 7.71. The third kappa shape index (κ3) is 4.16. The largest absolute Gasteiger partial charge is 0.459 e. The highest BCUT2D eigenvalue weighted by Gasteiger charge is 2.44. The van der Waals surface area contributed by atoms with Gasteiger partial charge in [-0.05, 0) is 33.3 Å². The average Bonchev–Trinajstić information content (AvgIpc) is 2.46. The molecule has 122 valence electrons. The second kappa shape index (κ2) is 6.61. The van der Waals surface area contributed by atoms with Crippen molar-refractivity contribution < 1.29 is 14.5 Å². The summed E-state index contributed by atoms with van der Waals surface area (Å²) in [6.45, 7) is 10.3. The molecule has 0 bridgehead atoms. The molecule has 6 nitrogen and oxygen atoms in total. The molecule has 0 aliphatic carbocycles. The molecule has 0 saturated heterocycles. The first-order valence-electron chi connectivity index (χ1n) is 7.07. The van der Waals surface area contributed by atoms with Crippen molar-refractivity contribution in [3.8, 4) is 6.07 Å². The lowest BCUT2D eigenvalue weighted by molar-refractivity contribution is -0.384. The number of nitriles is 1. The first-order chi connectivity index (χ1) is 10.5. The van der Waals surface area contributed by atoms with Gasteiger partial charge in [-0.3, -0.25) is 14.9 Å². The number of non-ortho nitro benzene ring substituents is 1. The number of benzene rings is 1. The Bertz CT molecular complexity index is 653. The minimum atomic E-state index is -1.48. The van der Waals surface area contributed by atoms with Gasteiger partial charge in [0.05, 0.1) is 11.0 Å². The number of hydrogen-bond acceptors (Lipinski definition) is 5. The first-order valence-corrected chi connectivity index (χ1v) is 7.07. The number of ether oxygens (including phenoxy) is 1. The number of nitro benzene ring substituents is 1. The number of nitro groups is 1. The predicted molar refractivity (Wildman–Crippen MR) is 85.6 cm³/mol. The van der Waals surface area contributed by atoms with Gasteiger partial charge in [0, 0.05) is 18.1 Å². The van der Waals surface area contributed by atoms with Crippen LogP contribution in [0.5, 0.6) is 0 Å². The minimum absolute atomic E-state index is 0.0625. The van der Waals surface area contributed by atoms with Crippen LogP contribution in [0.1, 0.15) is 39.2 Å². The molecule has 0 fully saturated rings. The summed E-state index contributed by atoms with van der Waals surface area (Å²) >= 11 is 0. The molecular formula is C17H20N2O4. The Morgan fingerprint density at radius 2 is 1.87 bits per heavy atom. The third-order valence-corrected chi connectivity index (χ3v) is 3.38. The molecule has 0 aliphatic heterocycles. The highest BCUT2D eigenvalue weighted by Crippen LogP contribution is 2.39. The number of esters is 1. The summed E-state index contributed by atoms with van der Waals surface area (Å²) in [4.78, 5) is 22.7. The van der Waals surface area contributed by atoms with Crippen molar-refractivity contribution in [1.29, 1.82) is 5.26 Å². The zero-order valence-electron chi connectivity index (χ0n) is 13.7. The van der Waals surface area contributed by atoms with Crippen LogP contribution in [0, 0.1) is 26.9 Å². The molecule has 0 amide bonds. The molecule has 0 radical (unpaired) electrons. The topological polar surface area (TPSA) is 93.2 Å². The van der Waals surface area contributed by atoms with E-state index in [4.69, 9.17) is 4.74 Å². The average molecular weight is 316 g/mol. The van der Waals surface area contributed by atoms with Gasteiger partial charge in [0.25, 0.3) is 5.69 Å². The van der Waals surface area contributed by atoms with Crippen LogP contribution in [0.3, 0.4) is 0 Å². The van der Waals surface area contributed by atoms with E-state index in [9.17, 15) is 20.2 Å². The maximum absolute atomic E-state index is 12.5. The SMILES string of the molecule is C=C[C@@H](c1ccc([N+](=O)[O-])cc1)[C@@](C)(C#N)C(=O)OC(C)(C)C. The van der Waals surface area contributed by atoms with E-state index in [-0.39, 0.29) is 5.69 Å². The van der Waals surface area contributed by atoms with Gasteiger partial charge in [-0.25, -0.2) is 0 Å². The molecule has 1 aromatic carbocycles. The van der Waals surface area contributed by atoms with Crippen molar-refractivity contribution in [3.05, 3.63) is 52.6 Å². The van der Waals surface area contributed by atoms with E-state index in [0.29, 0.717) is 5.56 Å². The fraction of sp³-hybridized carbons (Fsp3) is 0.412. The number of carbonyl (C=O) groups excluding carboxylic acids is 1. The second-order valence-electron chi connectivity index (χ2n) is 6.38. The maximum Gasteiger partial charge on any atom is 0.327 e. The quantitative estimate of drug-likeness (QED) is 0.357. The highest BCUT2D eigenvalue weighted by molar-refractivity contribution is 5.82. The Hall–Kier alpha value is -2.68. The van der Waals surface area contributed by atoms with Gasteiger partial charge in [-0.15, -0.1) is 6.58 Å². The number of rotatable bonds is 5. The standard InChI is InChI=1S/C17H20N2O4/c1-6-14(12-7-9-13(10-8-12)19(21)22)17(5,11-18)15(20)23-16(2,3)4/h6-10,14H,1H2,2-5H3/t14-,17+/m0/s1. The number of nitrogens with zero attached hydrogens (tertiary/aromatic N) is 2. The lowest BCUT2D eigenvalue weighted by Crippen LogP contribution is -2.38. The van der Waals surface area contributed by atoms with Gasteiger partial charge >= 0.3 is 5.97 Å². The predicted octanol–water partition coefficient (Wildman–Crippen LogP) is 3.74.